The molecule has 0 saturated heterocycles. The third-order valence-corrected chi connectivity index (χ3v) is 16.9. The molecule has 0 amide bonds. The minimum atomic E-state index is -1.52. The lowest BCUT2D eigenvalue weighted by atomic mass is 10.0. The third-order valence-electron chi connectivity index (χ3n) is 16.9. The summed E-state index contributed by atoms with van der Waals surface area (Å²) in [6, 6.07) is 0. The average Bonchev–Trinajstić information content (AvgIpc) is 2.92. The Balaban J connectivity index is 4.14. The molecule has 0 aliphatic rings. The fourth-order valence-corrected chi connectivity index (χ4v) is 11.0. The van der Waals surface area contributed by atoms with Crippen LogP contribution in [0.2, 0.25) is 0 Å². The van der Waals surface area contributed by atoms with Crippen LogP contribution in [0.3, 0.4) is 0 Å². The fourth-order valence-electron chi connectivity index (χ4n) is 11.0. The van der Waals surface area contributed by atoms with Crippen molar-refractivity contribution in [2.75, 3.05) is 47.5 Å². The number of esters is 2. The van der Waals surface area contributed by atoms with Crippen molar-refractivity contribution in [3.8, 4) is 0 Å². The van der Waals surface area contributed by atoms with Crippen molar-refractivity contribution in [3.63, 3.8) is 0 Å². The van der Waals surface area contributed by atoms with Gasteiger partial charge >= 0.3 is 17.9 Å². The molecule has 0 fully saturated rings. The molecule has 544 valence electrons. The Bertz CT molecular complexity index is 2030. The molecule has 9 heteroatoms. The van der Waals surface area contributed by atoms with Crippen molar-refractivity contribution < 1.29 is 42.9 Å². The van der Waals surface area contributed by atoms with Gasteiger partial charge in [0.2, 0.25) is 0 Å². The summed E-state index contributed by atoms with van der Waals surface area (Å²) in [5.41, 5.74) is 0. The van der Waals surface area contributed by atoms with Crippen LogP contribution in [-0.2, 0) is 33.3 Å². The molecule has 0 aromatic carbocycles. The lowest BCUT2D eigenvalue weighted by Crippen LogP contribution is -2.40. The van der Waals surface area contributed by atoms with Crippen LogP contribution in [0.4, 0.5) is 0 Å². The summed E-state index contributed by atoms with van der Waals surface area (Å²) in [5, 5.41) is 9.77. The number of hydrogen-bond acceptors (Lipinski definition) is 7. The molecule has 1 N–H and O–H groups in total. The van der Waals surface area contributed by atoms with Crippen molar-refractivity contribution >= 4 is 17.9 Å². The number of hydrogen-bond donors (Lipinski definition) is 1. The van der Waals surface area contributed by atoms with Crippen LogP contribution in [-0.4, -0.2) is 87.4 Å². The Hall–Kier alpha value is -4.57. The molecule has 0 aromatic heterocycles. The first-order chi connectivity index (χ1) is 46.6. The number of quaternary nitrogens is 1. The lowest BCUT2D eigenvalue weighted by molar-refractivity contribution is -0.870. The Labute approximate surface area is 586 Å². The van der Waals surface area contributed by atoms with Gasteiger partial charge in [0.15, 0.2) is 6.10 Å². The first-order valence-electron chi connectivity index (χ1n) is 39.3. The number of aliphatic carboxylic acids is 1. The third kappa shape index (κ3) is 76.7. The van der Waals surface area contributed by atoms with Gasteiger partial charge in [-0.25, -0.2) is 4.79 Å². The number of carbonyl (C=O) groups is 3. The fraction of sp³-hybridized carbons (Fsp3) is 0.709. The standard InChI is InChI=1S/C86H147NO8/c1-6-8-10-12-14-16-18-20-22-24-26-28-30-32-34-36-38-39-40-41-42-43-44-45-47-49-51-53-55-57-59-61-63-65-67-69-71-73-75-77-84(89)95-82(81-94-86(85(90)91)92-79-78-87(3,4)5)80-93-83(88)76-74-72-70-68-66-64-62-60-58-56-54-52-50-48-46-37-35-33-31-29-27-25-23-21-19-17-15-13-11-9-7-2/h8,10,14,16,20,22,26,28,32,34,38-39,41-42,44-45,49,51,55,57,61,63,82,86H,6-7,9,11-13,15,17-19,21,23-25,27,29-31,33,35-37,40,43,46-48,50,52-54,56,58-60,62,64-81H2,1-5H3/p+1/b10-8-,16-14-,22-20-,28-26-,34-32-,39-38-,42-41-,45-44-,51-49-,57-55-,63-61-. The number of rotatable bonds is 72. The first kappa shape index (κ1) is 90.4. The highest BCUT2D eigenvalue weighted by Crippen LogP contribution is 2.18. The quantitative estimate of drug-likeness (QED) is 0.0211. The SMILES string of the molecule is CC/C=C\C/C=C\C/C=C\C/C=C\C/C=C\C/C=C\C/C=C\C/C=C\C/C=C\C/C=C\C/C=C\CCCCCCCC(=O)OC(COC(=O)CCCCCCCCCCCCCCCCCCCCCCCCCCCCCCCCC)COC(OCC[N+](C)(C)C)C(=O)O. The molecule has 0 rings (SSSR count). The van der Waals surface area contributed by atoms with Crippen LogP contribution in [0.15, 0.2) is 134 Å². The van der Waals surface area contributed by atoms with Crippen LogP contribution in [0.5, 0.6) is 0 Å². The van der Waals surface area contributed by atoms with E-state index in [2.05, 4.69) is 148 Å². The molecule has 0 aliphatic carbocycles. The van der Waals surface area contributed by atoms with Crippen molar-refractivity contribution in [1.29, 1.82) is 0 Å². The highest BCUT2D eigenvalue weighted by Gasteiger charge is 2.25. The normalized spacial score (nSPS) is 13.4. The van der Waals surface area contributed by atoms with Crippen molar-refractivity contribution in [3.05, 3.63) is 134 Å². The minimum absolute atomic E-state index is 0.179. The van der Waals surface area contributed by atoms with Gasteiger partial charge in [0.05, 0.1) is 34.4 Å². The van der Waals surface area contributed by atoms with E-state index in [1.807, 2.05) is 21.1 Å². The first-order valence-corrected chi connectivity index (χ1v) is 39.3. The van der Waals surface area contributed by atoms with E-state index in [0.717, 1.165) is 122 Å². The Morgan fingerprint density at radius 3 is 0.895 bits per heavy atom. The topological polar surface area (TPSA) is 108 Å². The average molecular weight is 1320 g/mol. The molecule has 2 atom stereocenters. The summed E-state index contributed by atoms with van der Waals surface area (Å²) < 4.78 is 23.0. The number of allylic oxidation sites excluding steroid dienone is 22. The molecule has 0 radical (unpaired) electrons. The molecular weight excluding hydrogens is 1170 g/mol. The van der Waals surface area contributed by atoms with E-state index < -0.39 is 24.3 Å². The van der Waals surface area contributed by atoms with E-state index in [-0.39, 0.29) is 32.2 Å². The Morgan fingerprint density at radius 1 is 0.326 bits per heavy atom. The second-order valence-electron chi connectivity index (χ2n) is 27.3. The maximum absolute atomic E-state index is 13.0. The number of likely N-dealkylation sites (N-methyl/N-ethyl adjacent to an activating group) is 1. The van der Waals surface area contributed by atoms with Crippen LogP contribution in [0.1, 0.15) is 335 Å². The number of nitrogens with zero attached hydrogens (tertiary/aromatic N) is 1. The van der Waals surface area contributed by atoms with E-state index in [1.165, 1.54) is 180 Å². The molecular formula is C86H148NO8+. The van der Waals surface area contributed by atoms with E-state index in [1.54, 1.807) is 0 Å². The number of unbranched alkanes of at least 4 members (excludes halogenated alkanes) is 35. The minimum Gasteiger partial charge on any atom is -0.477 e. The Kier molecular flexibility index (Phi) is 71.6. The smallest absolute Gasteiger partial charge is 0.361 e. The molecule has 95 heavy (non-hydrogen) atoms. The van der Waals surface area contributed by atoms with E-state index >= 15 is 0 Å². The second-order valence-corrected chi connectivity index (χ2v) is 27.3. The maximum Gasteiger partial charge on any atom is 0.361 e. The zero-order valence-electron chi connectivity index (χ0n) is 62.3. The van der Waals surface area contributed by atoms with Crippen LogP contribution in [0, 0.1) is 0 Å². The van der Waals surface area contributed by atoms with Gasteiger partial charge in [0, 0.05) is 12.8 Å². The zero-order valence-corrected chi connectivity index (χ0v) is 62.3. The van der Waals surface area contributed by atoms with Crippen LogP contribution >= 0.6 is 0 Å². The van der Waals surface area contributed by atoms with Crippen molar-refractivity contribution in [2.45, 2.75) is 347 Å². The van der Waals surface area contributed by atoms with Crippen molar-refractivity contribution in [1.82, 2.24) is 0 Å². The number of carboxylic acids is 1. The highest BCUT2D eigenvalue weighted by atomic mass is 16.7. The number of ether oxygens (including phenoxy) is 4. The van der Waals surface area contributed by atoms with Gasteiger partial charge in [-0.05, 0) is 96.3 Å². The van der Waals surface area contributed by atoms with Gasteiger partial charge < -0.3 is 28.5 Å². The van der Waals surface area contributed by atoms with Crippen molar-refractivity contribution in [2.24, 2.45) is 0 Å². The second kappa shape index (κ2) is 75.2. The van der Waals surface area contributed by atoms with Gasteiger partial charge in [0.25, 0.3) is 6.29 Å². The van der Waals surface area contributed by atoms with E-state index in [0.29, 0.717) is 23.9 Å². The molecule has 0 aliphatic heterocycles. The molecule has 0 spiro atoms. The summed E-state index contributed by atoms with van der Waals surface area (Å²) in [5.74, 6) is -2.03. The summed E-state index contributed by atoms with van der Waals surface area (Å²) >= 11 is 0. The van der Waals surface area contributed by atoms with Gasteiger partial charge in [-0.3, -0.25) is 9.59 Å². The number of carbonyl (C=O) groups excluding carboxylic acids is 2. The maximum atomic E-state index is 13.0. The molecule has 0 saturated carbocycles. The number of carboxylic acid groups (broad SMARTS) is 1. The summed E-state index contributed by atoms with van der Waals surface area (Å²) in [4.78, 5) is 37.7. The van der Waals surface area contributed by atoms with Gasteiger partial charge in [-0.1, -0.05) is 359 Å². The predicted octanol–water partition coefficient (Wildman–Crippen LogP) is 25.3. The van der Waals surface area contributed by atoms with Gasteiger partial charge in [0.1, 0.15) is 13.2 Å². The van der Waals surface area contributed by atoms with Gasteiger partial charge in [-0.2, -0.15) is 0 Å². The predicted molar refractivity (Wildman–Crippen MR) is 410 cm³/mol. The zero-order chi connectivity index (χ0) is 69.0. The summed E-state index contributed by atoms with van der Waals surface area (Å²) in [6.45, 7) is 4.77. The molecule has 0 aromatic rings. The summed E-state index contributed by atoms with van der Waals surface area (Å²) in [6.07, 6.45) is 106. The Morgan fingerprint density at radius 2 is 0.600 bits per heavy atom. The molecule has 2 unspecified atom stereocenters. The van der Waals surface area contributed by atoms with Crippen LogP contribution in [0.25, 0.3) is 0 Å². The van der Waals surface area contributed by atoms with E-state index in [9.17, 15) is 19.5 Å². The summed E-state index contributed by atoms with van der Waals surface area (Å²) in [7, 11) is 5.97. The highest BCUT2D eigenvalue weighted by molar-refractivity contribution is 5.71. The molecule has 9 nitrogen and oxygen atoms in total. The monoisotopic (exact) mass is 1320 g/mol. The molecule has 0 bridgehead atoms. The lowest BCUT2D eigenvalue weighted by Gasteiger charge is -2.25. The van der Waals surface area contributed by atoms with Crippen LogP contribution < -0.4 is 0 Å². The van der Waals surface area contributed by atoms with E-state index in [4.69, 9.17) is 18.9 Å². The largest absolute Gasteiger partial charge is 0.477 e. The van der Waals surface area contributed by atoms with Gasteiger partial charge in [-0.15, -0.1) is 0 Å². The molecule has 0 heterocycles.